The van der Waals surface area contributed by atoms with Crippen LogP contribution >= 0.6 is 0 Å². The average molecular weight is 174 g/mol. The van der Waals surface area contributed by atoms with E-state index in [2.05, 4.69) is 17.4 Å². The molecule has 1 heterocycles. The Morgan fingerprint density at radius 3 is 2.62 bits per heavy atom. The Bertz CT molecular complexity index is 330. The number of piperidine rings is 1. The Balaban J connectivity index is 1.97. The fraction of sp³-hybridized carbons (Fsp3) is 0.455. The molecule has 2 atom stereocenters. The quantitative estimate of drug-likeness (QED) is 0.626. The molecular weight excluding hydrogens is 160 g/mol. The maximum atomic E-state index is 5.67. The van der Waals surface area contributed by atoms with E-state index in [1.165, 1.54) is 18.5 Å². The Kier molecular flexibility index (Phi) is 1.29. The molecule has 0 spiro atoms. The highest BCUT2D eigenvalue weighted by atomic mass is 15.0. The standard InChI is InChI=1S/C11H14N2/c12-10-3-1-8(2-4-10)11-5-9(11)6-13-7-11/h1-4,9,13H,5-7,12H2/t9-,11+/m0/s1. The molecule has 3 N–H and O–H groups in total. The summed E-state index contributed by atoms with van der Waals surface area (Å²) in [5.74, 6) is 0.885. The van der Waals surface area contributed by atoms with Gasteiger partial charge in [-0.15, -0.1) is 0 Å². The van der Waals surface area contributed by atoms with Gasteiger partial charge in [-0.3, -0.25) is 0 Å². The third-order valence-corrected chi connectivity index (χ3v) is 3.55. The minimum absolute atomic E-state index is 0.480. The molecule has 0 unspecified atom stereocenters. The summed E-state index contributed by atoms with van der Waals surface area (Å²) in [5, 5.41) is 3.44. The van der Waals surface area contributed by atoms with Crippen LogP contribution in [0.3, 0.4) is 0 Å². The van der Waals surface area contributed by atoms with Crippen LogP contribution in [0, 0.1) is 5.92 Å². The van der Waals surface area contributed by atoms with Crippen LogP contribution in [-0.4, -0.2) is 13.1 Å². The molecule has 1 saturated carbocycles. The summed E-state index contributed by atoms with van der Waals surface area (Å²) in [5.41, 5.74) is 8.48. The second-order valence-electron chi connectivity index (χ2n) is 4.31. The first-order chi connectivity index (χ1) is 6.31. The van der Waals surface area contributed by atoms with Gasteiger partial charge in [0, 0.05) is 17.6 Å². The van der Waals surface area contributed by atoms with Crippen molar-refractivity contribution in [3.05, 3.63) is 29.8 Å². The molecule has 0 bridgehead atoms. The summed E-state index contributed by atoms with van der Waals surface area (Å²) in [6.07, 6.45) is 1.36. The molecule has 0 amide bonds. The van der Waals surface area contributed by atoms with Gasteiger partial charge in [0.1, 0.15) is 0 Å². The van der Waals surface area contributed by atoms with E-state index in [0.29, 0.717) is 5.41 Å². The maximum absolute atomic E-state index is 5.67. The van der Waals surface area contributed by atoms with Crippen LogP contribution in [0.25, 0.3) is 0 Å². The zero-order chi connectivity index (χ0) is 8.89. The van der Waals surface area contributed by atoms with E-state index < -0.39 is 0 Å². The maximum Gasteiger partial charge on any atom is 0.0314 e. The Morgan fingerprint density at radius 1 is 1.31 bits per heavy atom. The van der Waals surface area contributed by atoms with Crippen LogP contribution in [-0.2, 0) is 5.41 Å². The summed E-state index contributed by atoms with van der Waals surface area (Å²) in [6.45, 7) is 2.35. The molecule has 0 aromatic heterocycles. The van der Waals surface area contributed by atoms with E-state index in [0.717, 1.165) is 18.2 Å². The van der Waals surface area contributed by atoms with E-state index in [-0.39, 0.29) is 0 Å². The van der Waals surface area contributed by atoms with Crippen LogP contribution in [0.2, 0.25) is 0 Å². The normalized spacial score (nSPS) is 35.8. The molecule has 0 radical (unpaired) electrons. The molecule has 2 aliphatic rings. The Labute approximate surface area is 78.1 Å². The fourth-order valence-corrected chi connectivity index (χ4v) is 2.60. The van der Waals surface area contributed by atoms with Gasteiger partial charge >= 0.3 is 0 Å². The summed E-state index contributed by atoms with van der Waals surface area (Å²) in [4.78, 5) is 0. The number of rotatable bonds is 1. The van der Waals surface area contributed by atoms with Crippen molar-refractivity contribution >= 4 is 5.69 Å². The average Bonchev–Trinajstić information content (AvgIpc) is 2.71. The zero-order valence-electron chi connectivity index (χ0n) is 7.59. The van der Waals surface area contributed by atoms with Gasteiger partial charge in [0.25, 0.3) is 0 Å². The van der Waals surface area contributed by atoms with Crippen LogP contribution < -0.4 is 11.1 Å². The number of nitrogen functional groups attached to an aromatic ring is 1. The first-order valence-corrected chi connectivity index (χ1v) is 4.88. The molecular formula is C11H14N2. The number of benzene rings is 1. The molecule has 2 fully saturated rings. The Morgan fingerprint density at radius 2 is 2.08 bits per heavy atom. The molecule has 13 heavy (non-hydrogen) atoms. The summed E-state index contributed by atoms with van der Waals surface area (Å²) < 4.78 is 0. The molecule has 1 aromatic rings. The third-order valence-electron chi connectivity index (χ3n) is 3.55. The summed E-state index contributed by atoms with van der Waals surface area (Å²) in [7, 11) is 0. The largest absolute Gasteiger partial charge is 0.399 e. The minimum Gasteiger partial charge on any atom is -0.399 e. The molecule has 68 valence electrons. The van der Waals surface area contributed by atoms with Crippen molar-refractivity contribution in [3.8, 4) is 0 Å². The van der Waals surface area contributed by atoms with Gasteiger partial charge in [0.05, 0.1) is 0 Å². The van der Waals surface area contributed by atoms with Gasteiger partial charge in [-0.25, -0.2) is 0 Å². The second kappa shape index (κ2) is 2.26. The lowest BCUT2D eigenvalue weighted by Gasteiger charge is -2.11. The van der Waals surface area contributed by atoms with Crippen LogP contribution in [0.15, 0.2) is 24.3 Å². The molecule has 3 rings (SSSR count). The number of nitrogens with two attached hydrogens (primary N) is 1. The van der Waals surface area contributed by atoms with Crippen LogP contribution in [0.5, 0.6) is 0 Å². The van der Waals surface area contributed by atoms with Gasteiger partial charge in [-0.2, -0.15) is 0 Å². The molecule has 1 aliphatic heterocycles. The van der Waals surface area contributed by atoms with Gasteiger partial charge in [0.2, 0.25) is 0 Å². The van der Waals surface area contributed by atoms with E-state index in [4.69, 9.17) is 5.73 Å². The highest BCUT2D eigenvalue weighted by molar-refractivity contribution is 5.45. The number of nitrogens with one attached hydrogen (secondary N) is 1. The van der Waals surface area contributed by atoms with Crippen LogP contribution in [0.1, 0.15) is 12.0 Å². The SMILES string of the molecule is Nc1ccc([C@@]23CNC[C@@H]2C3)cc1. The van der Waals surface area contributed by atoms with Crippen molar-refractivity contribution < 1.29 is 0 Å². The highest BCUT2D eigenvalue weighted by Crippen LogP contribution is 2.56. The van der Waals surface area contributed by atoms with E-state index in [9.17, 15) is 0 Å². The molecule has 1 aromatic carbocycles. The predicted octanol–water partition coefficient (Wildman–Crippen LogP) is 1.13. The highest BCUT2D eigenvalue weighted by Gasteiger charge is 2.57. The number of fused-ring (bicyclic) bond motifs is 1. The monoisotopic (exact) mass is 174 g/mol. The minimum atomic E-state index is 0.480. The summed E-state index contributed by atoms with van der Waals surface area (Å²) in [6, 6.07) is 8.39. The van der Waals surface area contributed by atoms with Crippen molar-refractivity contribution in [2.24, 2.45) is 5.92 Å². The van der Waals surface area contributed by atoms with E-state index >= 15 is 0 Å². The molecule has 2 heteroatoms. The topological polar surface area (TPSA) is 38.0 Å². The zero-order valence-corrected chi connectivity index (χ0v) is 7.59. The van der Waals surface area contributed by atoms with Gasteiger partial charge in [0.15, 0.2) is 0 Å². The molecule has 2 nitrogen and oxygen atoms in total. The number of hydrogen-bond donors (Lipinski definition) is 2. The summed E-state index contributed by atoms with van der Waals surface area (Å²) >= 11 is 0. The number of hydrogen-bond acceptors (Lipinski definition) is 2. The first kappa shape index (κ1) is 7.39. The lowest BCUT2D eigenvalue weighted by atomic mass is 9.95. The van der Waals surface area contributed by atoms with Gasteiger partial charge < -0.3 is 11.1 Å². The van der Waals surface area contributed by atoms with Crippen molar-refractivity contribution in [2.75, 3.05) is 18.8 Å². The van der Waals surface area contributed by atoms with Gasteiger partial charge in [-0.1, -0.05) is 12.1 Å². The van der Waals surface area contributed by atoms with Crippen molar-refractivity contribution in [2.45, 2.75) is 11.8 Å². The van der Waals surface area contributed by atoms with Crippen molar-refractivity contribution in [3.63, 3.8) is 0 Å². The second-order valence-corrected chi connectivity index (χ2v) is 4.31. The van der Waals surface area contributed by atoms with E-state index in [1.807, 2.05) is 12.1 Å². The first-order valence-electron chi connectivity index (χ1n) is 4.88. The van der Waals surface area contributed by atoms with Crippen LogP contribution in [0.4, 0.5) is 5.69 Å². The predicted molar refractivity (Wildman–Crippen MR) is 53.5 cm³/mol. The third kappa shape index (κ3) is 0.923. The Hall–Kier alpha value is -1.02. The fourth-order valence-electron chi connectivity index (χ4n) is 2.60. The molecule has 1 aliphatic carbocycles. The van der Waals surface area contributed by atoms with Gasteiger partial charge in [-0.05, 0) is 36.6 Å². The lowest BCUT2D eigenvalue weighted by molar-refractivity contribution is 0.676. The van der Waals surface area contributed by atoms with Crippen molar-refractivity contribution in [1.82, 2.24) is 5.32 Å². The lowest BCUT2D eigenvalue weighted by Crippen LogP contribution is -2.19. The molecule has 1 saturated heterocycles. The number of anilines is 1. The van der Waals surface area contributed by atoms with Crippen molar-refractivity contribution in [1.29, 1.82) is 0 Å². The van der Waals surface area contributed by atoms with E-state index in [1.54, 1.807) is 0 Å². The smallest absolute Gasteiger partial charge is 0.0314 e.